The molecule has 5 aromatic rings. The lowest BCUT2D eigenvalue weighted by atomic mass is 10.1. The lowest BCUT2D eigenvalue weighted by Crippen LogP contribution is -2.34. The molecule has 2 aromatic heterocycles. The molecule has 0 N–H and O–H groups in total. The van der Waals surface area contributed by atoms with Crippen LogP contribution in [-0.2, 0) is 13.5 Å². The molecule has 1 amide bonds. The van der Waals surface area contributed by atoms with Crippen molar-refractivity contribution in [1.29, 1.82) is 0 Å². The van der Waals surface area contributed by atoms with Crippen molar-refractivity contribution in [3.63, 3.8) is 0 Å². The van der Waals surface area contributed by atoms with Gasteiger partial charge in [-0.2, -0.15) is 9.78 Å². The van der Waals surface area contributed by atoms with E-state index in [2.05, 4.69) is 12.0 Å². The van der Waals surface area contributed by atoms with Gasteiger partial charge in [-0.3, -0.25) is 9.59 Å². The van der Waals surface area contributed by atoms with Crippen LogP contribution in [0.5, 0.6) is 5.75 Å². The van der Waals surface area contributed by atoms with Crippen LogP contribution < -0.4 is 15.2 Å². The lowest BCUT2D eigenvalue weighted by Gasteiger charge is -2.22. The molecule has 0 aliphatic rings. The van der Waals surface area contributed by atoms with Gasteiger partial charge in [0.05, 0.1) is 12.8 Å². The normalized spacial score (nSPS) is 11.2. The third-order valence-corrected chi connectivity index (χ3v) is 6.68. The van der Waals surface area contributed by atoms with Gasteiger partial charge < -0.3 is 14.2 Å². The van der Waals surface area contributed by atoms with Gasteiger partial charge in [0.1, 0.15) is 11.3 Å². The van der Waals surface area contributed by atoms with E-state index in [1.54, 1.807) is 36.3 Å². The Balaban J connectivity index is 1.79. The fourth-order valence-corrected chi connectivity index (χ4v) is 4.71. The van der Waals surface area contributed by atoms with Crippen LogP contribution in [-0.4, -0.2) is 33.9 Å². The number of aromatic nitrogens is 3. The molecule has 0 atom stereocenters. The van der Waals surface area contributed by atoms with E-state index < -0.39 is 0 Å². The summed E-state index contributed by atoms with van der Waals surface area (Å²) in [5, 5.41) is 6.06. The Morgan fingerprint density at radius 1 is 0.972 bits per heavy atom. The number of benzene rings is 3. The minimum atomic E-state index is -0.291. The number of aryl methyl sites for hydroxylation is 2. The molecule has 5 rings (SSSR count). The summed E-state index contributed by atoms with van der Waals surface area (Å²) in [5.74, 6) is 0.409. The topological polar surface area (TPSA) is 69.4 Å². The molecule has 3 aromatic carbocycles. The van der Waals surface area contributed by atoms with E-state index in [0.29, 0.717) is 28.9 Å². The monoisotopic (exact) mass is 480 g/mol. The van der Waals surface area contributed by atoms with Gasteiger partial charge in [0.15, 0.2) is 5.69 Å². The van der Waals surface area contributed by atoms with Gasteiger partial charge in [-0.25, -0.2) is 0 Å². The third kappa shape index (κ3) is 3.73. The van der Waals surface area contributed by atoms with Crippen LogP contribution in [0, 0.1) is 0 Å². The van der Waals surface area contributed by atoms with Crippen LogP contribution in [0.1, 0.15) is 29.9 Å². The van der Waals surface area contributed by atoms with Crippen molar-refractivity contribution in [2.24, 2.45) is 7.05 Å². The average Bonchev–Trinajstić information content (AvgIpc) is 3.23. The Hall–Kier alpha value is -4.39. The first kappa shape index (κ1) is 23.4. The van der Waals surface area contributed by atoms with Crippen molar-refractivity contribution >= 4 is 33.4 Å². The number of hydrogen-bond acceptors (Lipinski definition) is 4. The zero-order chi connectivity index (χ0) is 25.4. The Morgan fingerprint density at radius 2 is 1.67 bits per heavy atom. The highest BCUT2D eigenvalue weighted by atomic mass is 16.5. The van der Waals surface area contributed by atoms with E-state index in [-0.39, 0.29) is 17.2 Å². The number of amides is 1. The fraction of sp³-hybridized carbons (Fsp3) is 0.207. The number of rotatable bonds is 6. The minimum Gasteiger partial charge on any atom is -0.497 e. The average molecular weight is 481 g/mol. The van der Waals surface area contributed by atoms with E-state index in [9.17, 15) is 9.59 Å². The van der Waals surface area contributed by atoms with Gasteiger partial charge in [-0.1, -0.05) is 37.3 Å². The second-order valence-corrected chi connectivity index (χ2v) is 8.63. The van der Waals surface area contributed by atoms with Crippen molar-refractivity contribution in [3.8, 4) is 11.4 Å². The van der Waals surface area contributed by atoms with Crippen LogP contribution in [0.2, 0.25) is 0 Å². The highest BCUT2D eigenvalue weighted by molar-refractivity contribution is 6.20. The van der Waals surface area contributed by atoms with Gasteiger partial charge in [-0.05, 0) is 61.4 Å². The van der Waals surface area contributed by atoms with Crippen molar-refractivity contribution in [2.75, 3.05) is 18.6 Å². The van der Waals surface area contributed by atoms with Crippen molar-refractivity contribution in [1.82, 2.24) is 14.3 Å². The number of carbonyl (C=O) groups is 1. The van der Waals surface area contributed by atoms with Gasteiger partial charge in [0.2, 0.25) is 0 Å². The number of fused-ring (bicyclic) bond motifs is 3. The molecule has 0 saturated carbocycles. The minimum absolute atomic E-state index is 0.235. The number of methoxy groups -OCH3 is 1. The van der Waals surface area contributed by atoms with E-state index in [0.717, 1.165) is 23.0 Å². The van der Waals surface area contributed by atoms with Gasteiger partial charge >= 0.3 is 0 Å². The fourth-order valence-electron chi connectivity index (χ4n) is 4.71. The quantitative estimate of drug-likeness (QED) is 0.338. The molecule has 0 saturated heterocycles. The SMILES string of the molecule is CCc1ccc(N(CC)C(=O)c2nn(-c3ccc(OC)cc3)c(=O)c3c2c2ccccc2n3C)cc1. The number of hydrogen-bond donors (Lipinski definition) is 0. The second kappa shape index (κ2) is 9.34. The molecule has 0 aliphatic carbocycles. The van der Waals surface area contributed by atoms with Gasteiger partial charge in [0, 0.05) is 35.6 Å². The van der Waals surface area contributed by atoms with Crippen LogP contribution >= 0.6 is 0 Å². The summed E-state index contributed by atoms with van der Waals surface area (Å²) in [4.78, 5) is 29.6. The molecule has 182 valence electrons. The zero-order valence-corrected chi connectivity index (χ0v) is 20.9. The lowest BCUT2D eigenvalue weighted by molar-refractivity contribution is 0.0983. The van der Waals surface area contributed by atoms with Gasteiger partial charge in [-0.15, -0.1) is 0 Å². The van der Waals surface area contributed by atoms with E-state index in [1.807, 2.05) is 67.1 Å². The van der Waals surface area contributed by atoms with E-state index in [1.165, 1.54) is 10.2 Å². The largest absolute Gasteiger partial charge is 0.497 e. The number of ether oxygens (including phenoxy) is 1. The maximum atomic E-state index is 14.1. The Kier molecular flexibility index (Phi) is 6.06. The van der Waals surface area contributed by atoms with Crippen LogP contribution in [0.15, 0.2) is 77.6 Å². The number of nitrogens with zero attached hydrogens (tertiary/aromatic N) is 4. The summed E-state index contributed by atoms with van der Waals surface area (Å²) in [6.45, 7) is 4.49. The molecule has 0 fully saturated rings. The smallest absolute Gasteiger partial charge is 0.296 e. The zero-order valence-electron chi connectivity index (χ0n) is 20.9. The van der Waals surface area contributed by atoms with Crippen molar-refractivity contribution < 1.29 is 9.53 Å². The predicted molar refractivity (Wildman–Crippen MR) is 144 cm³/mol. The Morgan fingerprint density at radius 3 is 2.31 bits per heavy atom. The van der Waals surface area contributed by atoms with Gasteiger partial charge in [0.25, 0.3) is 11.5 Å². The maximum Gasteiger partial charge on any atom is 0.296 e. The van der Waals surface area contributed by atoms with Crippen LogP contribution in [0.4, 0.5) is 5.69 Å². The molecular formula is C29H28N4O3. The molecule has 0 bridgehead atoms. The van der Waals surface area contributed by atoms with Crippen molar-refractivity contribution in [2.45, 2.75) is 20.3 Å². The summed E-state index contributed by atoms with van der Waals surface area (Å²) in [7, 11) is 3.43. The summed E-state index contributed by atoms with van der Waals surface area (Å²) in [5.41, 5.74) is 3.78. The predicted octanol–water partition coefficient (Wildman–Crippen LogP) is 5.12. The molecule has 36 heavy (non-hydrogen) atoms. The number of carbonyl (C=O) groups excluding carboxylic acids is 1. The molecule has 0 radical (unpaired) electrons. The number of para-hydroxylation sites is 1. The molecule has 0 spiro atoms. The highest BCUT2D eigenvalue weighted by Gasteiger charge is 2.27. The van der Waals surface area contributed by atoms with Crippen LogP contribution in [0.25, 0.3) is 27.5 Å². The molecule has 7 heteroatoms. The third-order valence-electron chi connectivity index (χ3n) is 6.68. The maximum absolute atomic E-state index is 14.1. The van der Waals surface area contributed by atoms with Crippen molar-refractivity contribution in [3.05, 3.63) is 94.4 Å². The highest BCUT2D eigenvalue weighted by Crippen LogP contribution is 2.30. The Labute approximate surface area is 209 Å². The van der Waals surface area contributed by atoms with Crippen LogP contribution in [0.3, 0.4) is 0 Å². The molecule has 7 nitrogen and oxygen atoms in total. The summed E-state index contributed by atoms with van der Waals surface area (Å²) in [6.07, 6.45) is 0.922. The molecule has 0 unspecified atom stereocenters. The molecule has 2 heterocycles. The summed E-state index contributed by atoms with van der Waals surface area (Å²) in [6, 6.07) is 22.7. The summed E-state index contributed by atoms with van der Waals surface area (Å²) >= 11 is 0. The first-order valence-corrected chi connectivity index (χ1v) is 12.0. The first-order valence-electron chi connectivity index (χ1n) is 12.0. The molecule has 0 aliphatic heterocycles. The first-order chi connectivity index (χ1) is 17.5. The second-order valence-electron chi connectivity index (χ2n) is 8.63. The number of anilines is 1. The molecular weight excluding hydrogens is 452 g/mol. The standard InChI is InChI=1S/C29H28N4O3/c1-5-19-11-13-20(14-12-19)32(6-2)28(34)26-25-23-9-7-8-10-24(23)31(3)27(25)29(35)33(30-26)21-15-17-22(36-4)18-16-21/h7-18H,5-6H2,1-4H3. The Bertz CT molecular complexity index is 1630. The van der Waals surface area contributed by atoms with E-state index >= 15 is 0 Å². The summed E-state index contributed by atoms with van der Waals surface area (Å²) < 4.78 is 8.42. The van der Waals surface area contributed by atoms with E-state index in [4.69, 9.17) is 4.74 Å².